The van der Waals surface area contributed by atoms with Crippen LogP contribution in [0.5, 0.6) is 11.5 Å². The lowest BCUT2D eigenvalue weighted by atomic mass is 10.0. The number of hydrogen-bond donors (Lipinski definition) is 0. The van der Waals surface area contributed by atoms with Crippen molar-refractivity contribution >= 4 is 0 Å². The van der Waals surface area contributed by atoms with Crippen LogP contribution in [-0.4, -0.2) is 37.7 Å². The first kappa shape index (κ1) is 19.8. The number of benzene rings is 2. The third-order valence-electron chi connectivity index (χ3n) is 5.23. The third-order valence-corrected chi connectivity index (χ3v) is 5.23. The molecule has 1 aliphatic heterocycles. The van der Waals surface area contributed by atoms with Crippen molar-refractivity contribution in [3.63, 3.8) is 0 Å². The summed E-state index contributed by atoms with van der Waals surface area (Å²) in [5.74, 6) is 2.04. The summed E-state index contributed by atoms with van der Waals surface area (Å²) in [5.41, 5.74) is 2.54. The number of nitrogens with zero attached hydrogens (tertiary/aromatic N) is 1. The summed E-state index contributed by atoms with van der Waals surface area (Å²) >= 11 is 0. The second-order valence-electron chi connectivity index (χ2n) is 7.25. The van der Waals surface area contributed by atoms with Crippen LogP contribution >= 0.6 is 0 Å². The van der Waals surface area contributed by atoms with E-state index in [-0.39, 0.29) is 0 Å². The van der Waals surface area contributed by atoms with Crippen LogP contribution in [0.2, 0.25) is 0 Å². The molecule has 3 nitrogen and oxygen atoms in total. The summed E-state index contributed by atoms with van der Waals surface area (Å²) in [7, 11) is 0. The van der Waals surface area contributed by atoms with Crippen molar-refractivity contribution in [3.05, 3.63) is 59.7 Å². The van der Waals surface area contributed by atoms with Crippen LogP contribution in [0.25, 0.3) is 0 Å². The van der Waals surface area contributed by atoms with Gasteiger partial charge in [0.25, 0.3) is 0 Å². The van der Waals surface area contributed by atoms with Crippen LogP contribution in [0.4, 0.5) is 0 Å². The SMILES string of the molecule is CCOc1ccccc1CCc1ccccc1OCCCCN1CCCC1. The summed E-state index contributed by atoms with van der Waals surface area (Å²) in [6, 6.07) is 16.8. The van der Waals surface area contributed by atoms with Gasteiger partial charge in [0.05, 0.1) is 13.2 Å². The number of unbranched alkanes of at least 4 members (excludes halogenated alkanes) is 1. The van der Waals surface area contributed by atoms with Crippen molar-refractivity contribution in [3.8, 4) is 11.5 Å². The highest BCUT2D eigenvalue weighted by Gasteiger charge is 2.10. The first-order valence-corrected chi connectivity index (χ1v) is 10.5. The lowest BCUT2D eigenvalue weighted by Gasteiger charge is -2.15. The standard InChI is InChI=1S/C24H33NO2/c1-2-26-23-13-5-3-11-21(23)15-16-22-12-4-6-14-24(22)27-20-10-9-19-25-17-7-8-18-25/h3-6,11-14H,2,7-10,15-20H2,1H3. The normalized spacial score (nSPS) is 14.4. The Morgan fingerprint density at radius 1 is 0.778 bits per heavy atom. The van der Waals surface area contributed by atoms with Gasteiger partial charge in [-0.3, -0.25) is 0 Å². The van der Waals surface area contributed by atoms with E-state index in [1.54, 1.807) is 0 Å². The van der Waals surface area contributed by atoms with Crippen molar-refractivity contribution in [2.45, 2.75) is 45.4 Å². The summed E-state index contributed by atoms with van der Waals surface area (Å²) < 4.78 is 11.9. The maximum atomic E-state index is 6.12. The van der Waals surface area contributed by atoms with Crippen LogP contribution in [0.15, 0.2) is 48.5 Å². The zero-order chi connectivity index (χ0) is 18.7. The third kappa shape index (κ3) is 6.28. The van der Waals surface area contributed by atoms with E-state index in [9.17, 15) is 0 Å². The lowest BCUT2D eigenvalue weighted by Crippen LogP contribution is -2.20. The van der Waals surface area contributed by atoms with Gasteiger partial charge in [0.15, 0.2) is 0 Å². The van der Waals surface area contributed by atoms with Crippen molar-refractivity contribution in [1.82, 2.24) is 4.90 Å². The Balaban J connectivity index is 1.47. The molecule has 1 fully saturated rings. The van der Waals surface area contributed by atoms with Gasteiger partial charge in [-0.1, -0.05) is 36.4 Å². The molecule has 0 atom stereocenters. The quantitative estimate of drug-likeness (QED) is 0.514. The Labute approximate surface area is 164 Å². The molecular formula is C24H33NO2. The molecule has 0 unspecified atom stereocenters. The maximum Gasteiger partial charge on any atom is 0.122 e. The van der Waals surface area contributed by atoms with Gasteiger partial charge in [0.2, 0.25) is 0 Å². The minimum Gasteiger partial charge on any atom is -0.494 e. The molecule has 0 saturated carbocycles. The minimum absolute atomic E-state index is 0.703. The fraction of sp³-hybridized carbons (Fsp3) is 0.500. The number of ether oxygens (including phenoxy) is 2. The molecular weight excluding hydrogens is 334 g/mol. The Kier molecular flexibility index (Phi) is 8.03. The molecule has 146 valence electrons. The van der Waals surface area contributed by atoms with Crippen LogP contribution in [0.3, 0.4) is 0 Å². The number of para-hydroxylation sites is 2. The van der Waals surface area contributed by atoms with E-state index in [0.717, 1.165) is 37.4 Å². The van der Waals surface area contributed by atoms with Crippen molar-refractivity contribution in [2.75, 3.05) is 32.8 Å². The van der Waals surface area contributed by atoms with Crippen molar-refractivity contribution in [1.29, 1.82) is 0 Å². The fourth-order valence-electron chi connectivity index (χ4n) is 3.75. The topological polar surface area (TPSA) is 21.7 Å². The average molecular weight is 368 g/mol. The number of likely N-dealkylation sites (tertiary alicyclic amines) is 1. The van der Waals surface area contributed by atoms with Gasteiger partial charge in [-0.05, 0) is 88.3 Å². The Morgan fingerprint density at radius 2 is 1.37 bits per heavy atom. The molecule has 3 rings (SSSR count). The first-order chi connectivity index (χ1) is 13.4. The van der Waals surface area contributed by atoms with E-state index in [2.05, 4.69) is 47.4 Å². The largest absolute Gasteiger partial charge is 0.494 e. The van der Waals surface area contributed by atoms with E-state index in [1.807, 2.05) is 13.0 Å². The molecule has 0 bridgehead atoms. The Bertz CT molecular complexity index is 680. The molecule has 1 saturated heterocycles. The van der Waals surface area contributed by atoms with Gasteiger partial charge in [-0.25, -0.2) is 0 Å². The highest BCUT2D eigenvalue weighted by Crippen LogP contribution is 2.24. The summed E-state index contributed by atoms with van der Waals surface area (Å²) in [6.07, 6.45) is 7.02. The summed E-state index contributed by atoms with van der Waals surface area (Å²) in [4.78, 5) is 2.57. The second kappa shape index (κ2) is 11.0. The fourth-order valence-corrected chi connectivity index (χ4v) is 3.75. The molecule has 3 heteroatoms. The Hall–Kier alpha value is -2.00. The predicted octanol–water partition coefficient (Wildman–Crippen LogP) is 5.13. The molecule has 0 aromatic heterocycles. The van der Waals surface area contributed by atoms with Crippen LogP contribution in [0.1, 0.15) is 43.7 Å². The zero-order valence-electron chi connectivity index (χ0n) is 16.7. The monoisotopic (exact) mass is 367 g/mol. The summed E-state index contributed by atoms with van der Waals surface area (Å²) in [6.45, 7) is 7.33. The van der Waals surface area contributed by atoms with E-state index < -0.39 is 0 Å². The van der Waals surface area contributed by atoms with E-state index in [4.69, 9.17) is 9.47 Å². The Morgan fingerprint density at radius 3 is 2.00 bits per heavy atom. The minimum atomic E-state index is 0.703. The number of aryl methyl sites for hydroxylation is 2. The van der Waals surface area contributed by atoms with Gasteiger partial charge in [-0.15, -0.1) is 0 Å². The predicted molar refractivity (Wildman–Crippen MR) is 112 cm³/mol. The molecule has 0 N–H and O–H groups in total. The number of hydrogen-bond acceptors (Lipinski definition) is 3. The highest BCUT2D eigenvalue weighted by molar-refractivity contribution is 5.37. The van der Waals surface area contributed by atoms with E-state index >= 15 is 0 Å². The first-order valence-electron chi connectivity index (χ1n) is 10.5. The maximum absolute atomic E-state index is 6.12. The van der Waals surface area contributed by atoms with Gasteiger partial charge in [0, 0.05) is 0 Å². The molecule has 27 heavy (non-hydrogen) atoms. The van der Waals surface area contributed by atoms with Gasteiger partial charge >= 0.3 is 0 Å². The average Bonchev–Trinajstić information content (AvgIpc) is 3.22. The molecule has 2 aromatic carbocycles. The van der Waals surface area contributed by atoms with Crippen molar-refractivity contribution < 1.29 is 9.47 Å². The number of rotatable bonds is 11. The van der Waals surface area contributed by atoms with Gasteiger partial charge in [-0.2, -0.15) is 0 Å². The van der Waals surface area contributed by atoms with E-state index in [1.165, 1.54) is 50.0 Å². The summed E-state index contributed by atoms with van der Waals surface area (Å²) in [5, 5.41) is 0. The molecule has 1 aliphatic rings. The molecule has 0 spiro atoms. The highest BCUT2D eigenvalue weighted by atomic mass is 16.5. The molecule has 0 aliphatic carbocycles. The molecule has 0 amide bonds. The van der Waals surface area contributed by atoms with Crippen molar-refractivity contribution in [2.24, 2.45) is 0 Å². The van der Waals surface area contributed by atoms with Crippen LogP contribution in [-0.2, 0) is 12.8 Å². The second-order valence-corrected chi connectivity index (χ2v) is 7.25. The van der Waals surface area contributed by atoms with Crippen LogP contribution in [0, 0.1) is 0 Å². The smallest absolute Gasteiger partial charge is 0.122 e. The zero-order valence-corrected chi connectivity index (χ0v) is 16.7. The lowest BCUT2D eigenvalue weighted by molar-refractivity contribution is 0.278. The molecule has 0 radical (unpaired) electrons. The van der Waals surface area contributed by atoms with Gasteiger partial charge < -0.3 is 14.4 Å². The van der Waals surface area contributed by atoms with Gasteiger partial charge in [0.1, 0.15) is 11.5 Å². The molecule has 2 aromatic rings. The molecule has 1 heterocycles. The van der Waals surface area contributed by atoms with Crippen LogP contribution < -0.4 is 9.47 Å². The van der Waals surface area contributed by atoms with E-state index in [0.29, 0.717) is 6.61 Å².